The number of carbonyl (C=O) groups excluding carboxylic acids is 1. The molecule has 0 aliphatic carbocycles. The van der Waals surface area contributed by atoms with E-state index in [-0.39, 0.29) is 5.91 Å². The quantitative estimate of drug-likeness (QED) is 0.825. The van der Waals surface area contributed by atoms with E-state index in [0.717, 1.165) is 4.88 Å². The standard InChI is InChI=1S/C14H16N2O2S/c1-2-16-14(17)10-5-6-13(12(15)8-10)18-9-11-4-3-7-19-11/h3-8H,2,9,15H2,1H3,(H,16,17). The first-order valence-electron chi connectivity index (χ1n) is 6.03. The third kappa shape index (κ3) is 3.48. The Bertz CT molecular complexity index is 553. The van der Waals surface area contributed by atoms with Crippen molar-refractivity contribution < 1.29 is 9.53 Å². The topological polar surface area (TPSA) is 64.3 Å². The van der Waals surface area contributed by atoms with Crippen molar-refractivity contribution in [1.29, 1.82) is 0 Å². The molecule has 0 bridgehead atoms. The maximum absolute atomic E-state index is 11.6. The van der Waals surface area contributed by atoms with Gasteiger partial charge in [0.1, 0.15) is 12.4 Å². The van der Waals surface area contributed by atoms with Crippen LogP contribution in [-0.2, 0) is 6.61 Å². The number of nitrogens with one attached hydrogen (secondary N) is 1. The molecule has 2 rings (SSSR count). The normalized spacial score (nSPS) is 10.2. The zero-order valence-electron chi connectivity index (χ0n) is 10.7. The van der Waals surface area contributed by atoms with E-state index in [1.54, 1.807) is 29.5 Å². The van der Waals surface area contributed by atoms with Gasteiger partial charge in [-0.2, -0.15) is 0 Å². The van der Waals surface area contributed by atoms with Crippen LogP contribution in [0.2, 0.25) is 0 Å². The monoisotopic (exact) mass is 276 g/mol. The summed E-state index contributed by atoms with van der Waals surface area (Å²) in [7, 11) is 0. The van der Waals surface area contributed by atoms with Gasteiger partial charge in [0, 0.05) is 17.0 Å². The summed E-state index contributed by atoms with van der Waals surface area (Å²) in [5, 5.41) is 4.73. The average Bonchev–Trinajstić information content (AvgIpc) is 2.90. The molecule has 0 saturated heterocycles. The first-order valence-corrected chi connectivity index (χ1v) is 6.91. The molecule has 100 valence electrons. The maximum atomic E-state index is 11.6. The average molecular weight is 276 g/mol. The van der Waals surface area contributed by atoms with Crippen molar-refractivity contribution >= 4 is 22.9 Å². The van der Waals surface area contributed by atoms with E-state index in [1.807, 2.05) is 24.4 Å². The Labute approximate surface area is 116 Å². The van der Waals surface area contributed by atoms with Crippen LogP contribution >= 0.6 is 11.3 Å². The molecular weight excluding hydrogens is 260 g/mol. The maximum Gasteiger partial charge on any atom is 0.251 e. The molecule has 1 aromatic heterocycles. The summed E-state index contributed by atoms with van der Waals surface area (Å²) in [6, 6.07) is 9.06. The third-order valence-electron chi connectivity index (χ3n) is 2.56. The number of ether oxygens (including phenoxy) is 1. The molecule has 0 aliphatic rings. The zero-order chi connectivity index (χ0) is 13.7. The second kappa shape index (κ2) is 6.24. The molecule has 0 spiro atoms. The minimum atomic E-state index is -0.126. The molecule has 1 heterocycles. The number of nitrogen functional groups attached to an aromatic ring is 1. The Hall–Kier alpha value is -2.01. The number of carbonyl (C=O) groups is 1. The van der Waals surface area contributed by atoms with Gasteiger partial charge in [-0.15, -0.1) is 11.3 Å². The van der Waals surface area contributed by atoms with Crippen molar-refractivity contribution in [2.45, 2.75) is 13.5 Å². The fraction of sp³-hybridized carbons (Fsp3) is 0.214. The lowest BCUT2D eigenvalue weighted by atomic mass is 10.2. The summed E-state index contributed by atoms with van der Waals surface area (Å²) >= 11 is 1.63. The molecule has 0 unspecified atom stereocenters. The number of thiophene rings is 1. The Balaban J connectivity index is 2.04. The van der Waals surface area contributed by atoms with Crippen molar-refractivity contribution in [2.24, 2.45) is 0 Å². The van der Waals surface area contributed by atoms with E-state index in [4.69, 9.17) is 10.5 Å². The molecule has 0 radical (unpaired) electrons. The number of anilines is 1. The van der Waals surface area contributed by atoms with Crippen molar-refractivity contribution in [3.63, 3.8) is 0 Å². The Kier molecular flexibility index (Phi) is 4.41. The lowest BCUT2D eigenvalue weighted by molar-refractivity contribution is 0.0956. The molecule has 1 aromatic carbocycles. The Morgan fingerprint density at radius 1 is 1.42 bits per heavy atom. The fourth-order valence-corrected chi connectivity index (χ4v) is 2.24. The van der Waals surface area contributed by atoms with Crippen molar-refractivity contribution in [3.05, 3.63) is 46.2 Å². The van der Waals surface area contributed by atoms with Crippen molar-refractivity contribution in [1.82, 2.24) is 5.32 Å². The van der Waals surface area contributed by atoms with E-state index >= 15 is 0 Å². The SMILES string of the molecule is CCNC(=O)c1ccc(OCc2cccs2)c(N)c1. The Morgan fingerprint density at radius 2 is 2.26 bits per heavy atom. The van der Waals surface area contributed by atoms with Gasteiger partial charge >= 0.3 is 0 Å². The van der Waals surface area contributed by atoms with E-state index in [0.29, 0.717) is 30.2 Å². The summed E-state index contributed by atoms with van der Waals surface area (Å²) in [6.45, 7) is 2.96. The van der Waals surface area contributed by atoms with Crippen LogP contribution in [-0.4, -0.2) is 12.5 Å². The van der Waals surface area contributed by atoms with Gasteiger partial charge in [-0.25, -0.2) is 0 Å². The number of hydrogen-bond acceptors (Lipinski definition) is 4. The molecule has 2 aromatic rings. The third-order valence-corrected chi connectivity index (χ3v) is 3.41. The highest BCUT2D eigenvalue weighted by atomic mass is 32.1. The number of amides is 1. The number of nitrogens with two attached hydrogens (primary N) is 1. The number of rotatable bonds is 5. The fourth-order valence-electron chi connectivity index (χ4n) is 1.63. The van der Waals surface area contributed by atoms with Crippen LogP contribution < -0.4 is 15.8 Å². The molecule has 19 heavy (non-hydrogen) atoms. The molecule has 5 heteroatoms. The van der Waals surface area contributed by atoms with Crippen LogP contribution in [0.3, 0.4) is 0 Å². The zero-order valence-corrected chi connectivity index (χ0v) is 11.5. The van der Waals surface area contributed by atoms with Gasteiger partial charge in [0.05, 0.1) is 5.69 Å². The second-order valence-electron chi connectivity index (χ2n) is 3.98. The first-order chi connectivity index (χ1) is 9.20. The number of benzene rings is 1. The van der Waals surface area contributed by atoms with Crippen LogP contribution in [0.4, 0.5) is 5.69 Å². The van der Waals surface area contributed by atoms with Gasteiger partial charge in [-0.1, -0.05) is 6.07 Å². The summed E-state index contributed by atoms with van der Waals surface area (Å²) in [5.41, 5.74) is 6.91. The van der Waals surface area contributed by atoms with E-state index in [2.05, 4.69) is 5.32 Å². The molecular formula is C14H16N2O2S. The van der Waals surface area contributed by atoms with Gasteiger partial charge in [0.15, 0.2) is 0 Å². The lowest BCUT2D eigenvalue weighted by Gasteiger charge is -2.09. The lowest BCUT2D eigenvalue weighted by Crippen LogP contribution is -2.22. The minimum absolute atomic E-state index is 0.126. The predicted molar refractivity (Wildman–Crippen MR) is 77.5 cm³/mol. The smallest absolute Gasteiger partial charge is 0.251 e. The van der Waals surface area contributed by atoms with Crippen LogP contribution in [0.15, 0.2) is 35.7 Å². The molecule has 1 amide bonds. The first kappa shape index (κ1) is 13.4. The highest BCUT2D eigenvalue weighted by Crippen LogP contribution is 2.24. The molecule has 4 nitrogen and oxygen atoms in total. The van der Waals surface area contributed by atoms with Gasteiger partial charge in [-0.05, 0) is 36.6 Å². The largest absolute Gasteiger partial charge is 0.486 e. The van der Waals surface area contributed by atoms with Crippen LogP contribution in [0.5, 0.6) is 5.75 Å². The summed E-state index contributed by atoms with van der Waals surface area (Å²) in [6.07, 6.45) is 0. The Morgan fingerprint density at radius 3 is 2.89 bits per heavy atom. The minimum Gasteiger partial charge on any atom is -0.486 e. The molecule has 0 fully saturated rings. The van der Waals surface area contributed by atoms with Gasteiger partial charge < -0.3 is 15.8 Å². The summed E-state index contributed by atoms with van der Waals surface area (Å²) < 4.78 is 5.63. The van der Waals surface area contributed by atoms with E-state index < -0.39 is 0 Å². The predicted octanol–water partition coefficient (Wildman–Crippen LogP) is 2.66. The van der Waals surface area contributed by atoms with Crippen LogP contribution in [0.25, 0.3) is 0 Å². The highest BCUT2D eigenvalue weighted by molar-refractivity contribution is 7.09. The van der Waals surface area contributed by atoms with Gasteiger partial charge in [-0.3, -0.25) is 4.79 Å². The van der Waals surface area contributed by atoms with E-state index in [9.17, 15) is 4.79 Å². The second-order valence-corrected chi connectivity index (χ2v) is 5.01. The van der Waals surface area contributed by atoms with Crippen molar-refractivity contribution in [2.75, 3.05) is 12.3 Å². The number of hydrogen-bond donors (Lipinski definition) is 2. The summed E-state index contributed by atoms with van der Waals surface area (Å²) in [4.78, 5) is 12.8. The van der Waals surface area contributed by atoms with Crippen LogP contribution in [0, 0.1) is 0 Å². The van der Waals surface area contributed by atoms with Crippen molar-refractivity contribution in [3.8, 4) is 5.75 Å². The molecule has 0 aliphatic heterocycles. The van der Waals surface area contributed by atoms with Crippen LogP contribution in [0.1, 0.15) is 22.2 Å². The highest BCUT2D eigenvalue weighted by Gasteiger charge is 2.08. The van der Waals surface area contributed by atoms with Gasteiger partial charge in [0.25, 0.3) is 5.91 Å². The van der Waals surface area contributed by atoms with E-state index in [1.165, 1.54) is 0 Å². The van der Waals surface area contributed by atoms with Gasteiger partial charge in [0.2, 0.25) is 0 Å². The summed E-state index contributed by atoms with van der Waals surface area (Å²) in [5.74, 6) is 0.473. The molecule has 0 atom stereocenters. The molecule has 3 N–H and O–H groups in total. The molecule has 0 saturated carbocycles.